The number of ether oxygens (including phenoxy) is 1. The lowest BCUT2D eigenvalue weighted by Crippen LogP contribution is -2.30. The van der Waals surface area contributed by atoms with E-state index >= 15 is 0 Å². The smallest absolute Gasteiger partial charge is 0.456 e. The first-order valence-corrected chi connectivity index (χ1v) is 7.60. The number of carbonyl (C=O) groups is 1. The zero-order valence-electron chi connectivity index (χ0n) is 12.4. The molecule has 2 aromatic carbocycles. The first-order chi connectivity index (χ1) is 11.2. The van der Waals surface area contributed by atoms with E-state index in [1.165, 1.54) is 12.1 Å². The summed E-state index contributed by atoms with van der Waals surface area (Å²) in [5, 5.41) is 2.42. The number of halogens is 5. The number of nitrogens with one attached hydrogen (secondary N) is 1. The lowest BCUT2D eigenvalue weighted by atomic mass is 9.95. The summed E-state index contributed by atoms with van der Waals surface area (Å²) in [6.07, 6.45) is -4.60. The molecule has 0 heterocycles. The van der Waals surface area contributed by atoms with Gasteiger partial charge in [-0.2, -0.15) is 13.2 Å². The molecule has 0 saturated carbocycles. The summed E-state index contributed by atoms with van der Waals surface area (Å²) in [7, 11) is 1.73. The van der Waals surface area contributed by atoms with Gasteiger partial charge in [0, 0.05) is 10.7 Å². The number of anilines is 1. The number of hydrogen-bond acceptors (Lipinski definition) is 2. The Labute approximate surface area is 147 Å². The molecule has 0 aromatic heterocycles. The Bertz CT molecular complexity index is 752. The molecule has 0 saturated heterocycles. The maximum Gasteiger partial charge on any atom is 0.471 e. The van der Waals surface area contributed by atoms with Gasteiger partial charge in [-0.15, -0.1) is 0 Å². The lowest BCUT2D eigenvalue weighted by Gasteiger charge is -2.15. The van der Waals surface area contributed by atoms with E-state index in [0.29, 0.717) is 22.7 Å². The first-order valence-electron chi connectivity index (χ1n) is 6.84. The van der Waals surface area contributed by atoms with Gasteiger partial charge >= 0.3 is 12.1 Å². The molecule has 0 unspecified atom stereocenters. The standard InChI is InChI=1S/C15H11BCl2F3NO2/c16-7-8-5-13(24-10-3-1-9(17)2-4-10)11(18)6-12(8)22-14(23)15(19,20)21/h1-6H,7,16H2,(H,22,23). The van der Waals surface area contributed by atoms with Crippen LogP contribution in [0, 0.1) is 0 Å². The molecule has 0 aliphatic carbocycles. The molecule has 3 nitrogen and oxygen atoms in total. The zero-order valence-corrected chi connectivity index (χ0v) is 13.9. The van der Waals surface area contributed by atoms with E-state index in [0.717, 1.165) is 0 Å². The van der Waals surface area contributed by atoms with Crippen molar-refractivity contribution in [3.8, 4) is 11.5 Å². The molecule has 0 aliphatic heterocycles. The van der Waals surface area contributed by atoms with Crippen LogP contribution in [0.1, 0.15) is 5.56 Å². The van der Waals surface area contributed by atoms with Crippen LogP contribution in [0.25, 0.3) is 0 Å². The van der Waals surface area contributed by atoms with Crippen molar-refractivity contribution in [1.29, 1.82) is 0 Å². The van der Waals surface area contributed by atoms with Crippen molar-refractivity contribution in [2.75, 3.05) is 5.32 Å². The van der Waals surface area contributed by atoms with Gasteiger partial charge in [-0.05, 0) is 42.0 Å². The van der Waals surface area contributed by atoms with E-state index in [2.05, 4.69) is 0 Å². The maximum absolute atomic E-state index is 12.4. The van der Waals surface area contributed by atoms with Gasteiger partial charge in [-0.3, -0.25) is 4.79 Å². The fraction of sp³-hybridized carbons (Fsp3) is 0.133. The monoisotopic (exact) mass is 375 g/mol. The van der Waals surface area contributed by atoms with Crippen molar-refractivity contribution >= 4 is 42.6 Å². The highest BCUT2D eigenvalue weighted by molar-refractivity contribution is 6.32. The molecule has 126 valence electrons. The Morgan fingerprint density at radius 1 is 1.17 bits per heavy atom. The Hall–Kier alpha value is -1.86. The van der Waals surface area contributed by atoms with Gasteiger partial charge in [0.25, 0.3) is 0 Å². The van der Waals surface area contributed by atoms with Gasteiger partial charge in [0.15, 0.2) is 0 Å². The molecular formula is C15H11BCl2F3NO2. The fourth-order valence-electron chi connectivity index (χ4n) is 1.91. The average Bonchev–Trinajstić information content (AvgIpc) is 2.51. The number of carbonyl (C=O) groups excluding carboxylic acids is 1. The highest BCUT2D eigenvalue weighted by atomic mass is 35.5. The van der Waals surface area contributed by atoms with E-state index < -0.39 is 12.1 Å². The summed E-state index contributed by atoms with van der Waals surface area (Å²) >= 11 is 11.8. The third-order valence-corrected chi connectivity index (χ3v) is 3.63. The first kappa shape index (κ1) is 18.5. The topological polar surface area (TPSA) is 38.3 Å². The number of benzene rings is 2. The second kappa shape index (κ2) is 7.36. The summed E-state index contributed by atoms with van der Waals surface area (Å²) < 4.78 is 42.8. The van der Waals surface area contributed by atoms with Crippen LogP contribution in [0.15, 0.2) is 36.4 Å². The van der Waals surface area contributed by atoms with Crippen LogP contribution < -0.4 is 10.1 Å². The highest BCUT2D eigenvalue weighted by Crippen LogP contribution is 2.35. The molecule has 0 spiro atoms. The number of amides is 1. The summed E-state index contributed by atoms with van der Waals surface area (Å²) in [6, 6.07) is 9.23. The minimum Gasteiger partial charge on any atom is -0.456 e. The Kier molecular flexibility index (Phi) is 5.67. The van der Waals surface area contributed by atoms with E-state index in [4.69, 9.17) is 27.9 Å². The zero-order chi connectivity index (χ0) is 17.9. The minimum absolute atomic E-state index is 0.00622. The minimum atomic E-state index is -4.98. The molecule has 24 heavy (non-hydrogen) atoms. The van der Waals surface area contributed by atoms with Crippen LogP contribution in [-0.2, 0) is 11.1 Å². The third kappa shape index (κ3) is 4.58. The predicted molar refractivity (Wildman–Crippen MR) is 89.9 cm³/mol. The summed E-state index contributed by atoms with van der Waals surface area (Å²) in [5.74, 6) is -1.32. The molecule has 0 atom stereocenters. The van der Waals surface area contributed by atoms with Crippen molar-refractivity contribution in [3.05, 3.63) is 52.0 Å². The molecule has 2 aromatic rings. The van der Waals surface area contributed by atoms with Crippen molar-refractivity contribution in [3.63, 3.8) is 0 Å². The molecule has 0 aliphatic rings. The van der Waals surface area contributed by atoms with E-state index in [1.807, 2.05) is 5.32 Å². The van der Waals surface area contributed by atoms with E-state index in [9.17, 15) is 18.0 Å². The quantitative estimate of drug-likeness (QED) is 0.803. The summed E-state index contributed by atoms with van der Waals surface area (Å²) in [6.45, 7) is 0. The van der Waals surface area contributed by atoms with Crippen LogP contribution >= 0.6 is 23.2 Å². The van der Waals surface area contributed by atoms with Gasteiger partial charge < -0.3 is 10.1 Å². The van der Waals surface area contributed by atoms with E-state index in [1.54, 1.807) is 32.1 Å². The Morgan fingerprint density at radius 3 is 2.33 bits per heavy atom. The maximum atomic E-state index is 12.4. The molecule has 0 bridgehead atoms. The number of rotatable bonds is 4. The van der Waals surface area contributed by atoms with Crippen LogP contribution in [0.3, 0.4) is 0 Å². The largest absolute Gasteiger partial charge is 0.471 e. The molecule has 2 rings (SSSR count). The van der Waals surface area contributed by atoms with Crippen LogP contribution in [0.2, 0.25) is 10.0 Å². The van der Waals surface area contributed by atoms with Gasteiger partial charge in [-0.1, -0.05) is 29.5 Å². The van der Waals surface area contributed by atoms with Crippen LogP contribution in [0.4, 0.5) is 18.9 Å². The normalized spacial score (nSPS) is 11.2. The van der Waals surface area contributed by atoms with Gasteiger partial charge in [0.05, 0.1) is 5.02 Å². The predicted octanol–water partition coefficient (Wildman–Crippen LogP) is 4.42. The average molecular weight is 376 g/mol. The molecule has 0 fully saturated rings. The van der Waals surface area contributed by atoms with Crippen molar-refractivity contribution < 1.29 is 22.7 Å². The van der Waals surface area contributed by atoms with Crippen LogP contribution in [-0.4, -0.2) is 19.9 Å². The third-order valence-electron chi connectivity index (χ3n) is 3.09. The van der Waals surface area contributed by atoms with Crippen molar-refractivity contribution in [2.45, 2.75) is 12.5 Å². The highest BCUT2D eigenvalue weighted by Gasteiger charge is 2.39. The SMILES string of the molecule is BCc1cc(Oc2ccc(Cl)cc2)c(Cl)cc1NC(=O)C(F)(F)F. The van der Waals surface area contributed by atoms with Gasteiger partial charge in [0.2, 0.25) is 0 Å². The molecule has 1 amide bonds. The van der Waals surface area contributed by atoms with Gasteiger partial charge in [-0.25, -0.2) is 0 Å². The lowest BCUT2D eigenvalue weighted by molar-refractivity contribution is -0.167. The van der Waals surface area contributed by atoms with Crippen LogP contribution in [0.5, 0.6) is 11.5 Å². The van der Waals surface area contributed by atoms with Crippen molar-refractivity contribution in [1.82, 2.24) is 0 Å². The molecule has 0 radical (unpaired) electrons. The van der Waals surface area contributed by atoms with E-state index in [-0.39, 0.29) is 16.5 Å². The molecule has 9 heteroatoms. The number of alkyl halides is 3. The Balaban J connectivity index is 2.29. The summed E-state index contributed by atoms with van der Waals surface area (Å²) in [5.41, 5.74) is 0.453. The van der Waals surface area contributed by atoms with Gasteiger partial charge in [0.1, 0.15) is 19.3 Å². The second-order valence-electron chi connectivity index (χ2n) is 4.80. The summed E-state index contributed by atoms with van der Waals surface area (Å²) in [4.78, 5) is 11.1. The van der Waals surface area contributed by atoms with Crippen molar-refractivity contribution in [2.24, 2.45) is 0 Å². The second-order valence-corrected chi connectivity index (χ2v) is 5.64. The molecule has 1 N–H and O–H groups in total. The molecular weight excluding hydrogens is 365 g/mol. The fourth-order valence-corrected chi connectivity index (χ4v) is 2.23. The number of hydrogen-bond donors (Lipinski definition) is 1. The Morgan fingerprint density at radius 2 is 1.79 bits per heavy atom.